The van der Waals surface area contributed by atoms with Crippen molar-refractivity contribution in [1.29, 1.82) is 0 Å². The summed E-state index contributed by atoms with van der Waals surface area (Å²) >= 11 is 0. The van der Waals surface area contributed by atoms with E-state index in [0.29, 0.717) is 11.1 Å². The number of fused-ring (bicyclic) bond motifs is 8. The molecule has 4 aliphatic rings. The Morgan fingerprint density at radius 1 is 0.378 bits per heavy atom. The van der Waals surface area contributed by atoms with Gasteiger partial charge in [0.15, 0.2) is 0 Å². The minimum absolute atomic E-state index is 0.137. The maximum atomic E-state index is 14.8. The first kappa shape index (κ1) is 48.3. The Bertz CT molecular complexity index is 4340. The van der Waals surface area contributed by atoms with E-state index >= 15 is 0 Å². The molecule has 12 aromatic rings. The van der Waals surface area contributed by atoms with E-state index in [1.807, 2.05) is 60.7 Å². The van der Waals surface area contributed by atoms with Gasteiger partial charge >= 0.3 is 11.9 Å². The first-order chi connectivity index (χ1) is 40.2. The first-order valence-corrected chi connectivity index (χ1v) is 28.7. The lowest BCUT2D eigenvalue weighted by Crippen LogP contribution is -2.60. The number of rotatable bonds is 10. The summed E-state index contributed by atoms with van der Waals surface area (Å²) in [6.07, 6.45) is 0. The van der Waals surface area contributed by atoms with Crippen molar-refractivity contribution in [2.45, 2.75) is 52.7 Å². The van der Waals surface area contributed by atoms with E-state index in [1.54, 1.807) is 0 Å². The molecule has 8 heteroatoms. The fourth-order valence-electron chi connectivity index (χ4n) is 14.5. The number of benzene rings is 12. The van der Waals surface area contributed by atoms with E-state index in [4.69, 9.17) is 9.47 Å². The van der Waals surface area contributed by atoms with Crippen LogP contribution in [0.15, 0.2) is 218 Å². The number of nitrogens with zero attached hydrogens (tertiary/aromatic N) is 2. The molecular formula is C74H54B2N2O4. The average molecular weight is 1060 g/mol. The van der Waals surface area contributed by atoms with Crippen LogP contribution in [0.5, 0.6) is 0 Å². The van der Waals surface area contributed by atoms with Crippen molar-refractivity contribution in [2.24, 2.45) is 0 Å². The van der Waals surface area contributed by atoms with Crippen LogP contribution in [0, 0.1) is 0 Å². The van der Waals surface area contributed by atoms with Crippen LogP contribution in [-0.2, 0) is 22.7 Å². The predicted molar refractivity (Wildman–Crippen MR) is 339 cm³/mol. The van der Waals surface area contributed by atoms with Gasteiger partial charge in [0, 0.05) is 34.1 Å². The number of esters is 2. The molecule has 0 atom stereocenters. The number of hydrogen-bond donors (Lipinski definition) is 0. The van der Waals surface area contributed by atoms with Crippen LogP contribution >= 0.6 is 0 Å². The molecule has 0 bridgehead atoms. The molecule has 390 valence electrons. The molecule has 0 radical (unpaired) electrons. The van der Waals surface area contributed by atoms with Gasteiger partial charge in [-0.2, -0.15) is 0 Å². The Morgan fingerprint density at radius 3 is 1.13 bits per heavy atom. The Balaban J connectivity index is 1.02. The van der Waals surface area contributed by atoms with E-state index in [9.17, 15) is 9.59 Å². The second-order valence-electron chi connectivity index (χ2n) is 23.2. The highest BCUT2D eigenvalue weighted by molar-refractivity contribution is 7.02. The molecule has 0 fully saturated rings. The van der Waals surface area contributed by atoms with Crippen molar-refractivity contribution in [3.05, 3.63) is 252 Å². The molecule has 0 N–H and O–H groups in total. The zero-order valence-electron chi connectivity index (χ0n) is 46.0. The second-order valence-corrected chi connectivity index (χ2v) is 23.2. The molecule has 0 aromatic heterocycles. The predicted octanol–water partition coefficient (Wildman–Crippen LogP) is 14.1. The summed E-state index contributed by atoms with van der Waals surface area (Å²) in [6, 6.07) is 77.1. The van der Waals surface area contributed by atoms with Crippen molar-refractivity contribution in [1.82, 2.24) is 0 Å². The maximum absolute atomic E-state index is 14.8. The molecule has 0 spiro atoms. The highest BCUT2D eigenvalue weighted by Gasteiger charge is 2.46. The van der Waals surface area contributed by atoms with E-state index in [-0.39, 0.29) is 50.4 Å². The average Bonchev–Trinajstić information content (AvgIpc) is 1.79. The summed E-state index contributed by atoms with van der Waals surface area (Å²) in [5.41, 5.74) is 23.2. The van der Waals surface area contributed by atoms with Gasteiger partial charge < -0.3 is 19.3 Å². The van der Waals surface area contributed by atoms with E-state index in [0.717, 1.165) is 67.5 Å². The molecule has 0 saturated heterocycles. The summed E-state index contributed by atoms with van der Waals surface area (Å²) in [6.45, 7) is 9.30. The molecule has 0 unspecified atom stereocenters. The zero-order valence-corrected chi connectivity index (χ0v) is 46.0. The van der Waals surface area contributed by atoms with Crippen molar-refractivity contribution < 1.29 is 19.1 Å². The molecule has 0 saturated carbocycles. The van der Waals surface area contributed by atoms with Gasteiger partial charge in [0.2, 0.25) is 13.4 Å². The molecular weight excluding hydrogens is 1000 g/mol. The Labute approximate surface area is 477 Å². The highest BCUT2D eigenvalue weighted by Crippen LogP contribution is 2.51. The summed E-state index contributed by atoms with van der Waals surface area (Å²) in [5, 5.41) is 7.44. The normalized spacial score (nSPS) is 13.2. The number of carbonyl (C=O) groups excluding carboxylic acids is 2. The molecule has 0 amide bonds. The number of carbonyl (C=O) groups is 2. The molecule has 16 rings (SSSR count). The van der Waals surface area contributed by atoms with Crippen molar-refractivity contribution in [3.8, 4) is 22.3 Å². The van der Waals surface area contributed by atoms with Gasteiger partial charge in [0.05, 0.1) is 11.1 Å². The minimum atomic E-state index is -0.364. The van der Waals surface area contributed by atoms with Crippen LogP contribution in [0.4, 0.5) is 34.1 Å². The Kier molecular flexibility index (Phi) is 10.9. The van der Waals surface area contributed by atoms with Crippen LogP contribution in [0.3, 0.4) is 0 Å². The summed E-state index contributed by atoms with van der Waals surface area (Å²) < 4.78 is 12.4. The maximum Gasteiger partial charge on any atom is 0.338 e. The fraction of sp³-hybridized carbons (Fsp3) is 0.108. The number of anilines is 6. The monoisotopic (exact) mass is 1060 g/mol. The lowest BCUT2D eigenvalue weighted by molar-refractivity contribution is 0.0464. The minimum Gasteiger partial charge on any atom is -0.457 e. The second kappa shape index (κ2) is 18.4. The summed E-state index contributed by atoms with van der Waals surface area (Å²) in [4.78, 5) is 34.3. The van der Waals surface area contributed by atoms with Crippen LogP contribution in [0.2, 0.25) is 0 Å². The van der Waals surface area contributed by atoms with Gasteiger partial charge in [-0.25, -0.2) is 9.59 Å². The third kappa shape index (κ3) is 7.10. The van der Waals surface area contributed by atoms with E-state index in [1.165, 1.54) is 76.2 Å². The Morgan fingerprint density at radius 2 is 0.744 bits per heavy atom. The van der Waals surface area contributed by atoms with Crippen molar-refractivity contribution >= 4 is 125 Å². The van der Waals surface area contributed by atoms with Crippen LogP contribution in [0.1, 0.15) is 82.5 Å². The standard InChI is InChI=1S/C74H54B2N2O4/c1-43(2)51-37-53-57-33-47(73(79)81-41-45-21-9-5-10-22-45)35-65-71(57)76(60-30-18-20-32-64(60)77(65)49-25-13-7-14-26-49)62-40-56-52(44(3)4)38-54-58-34-48(74(80)82-42-46-23-11-6-12-24-46)36-66-72(58)75(61-39-55(51)69(67(53)62)70(56)68(54)61)59-29-17-19-31-63(59)78(66)50-27-15-8-16-28-50/h5-40,43-44H,41-42H2,1-4H3. The molecule has 6 nitrogen and oxygen atoms in total. The van der Waals surface area contributed by atoms with Crippen LogP contribution in [0.25, 0.3) is 54.6 Å². The first-order valence-electron chi connectivity index (χ1n) is 28.7. The lowest BCUT2D eigenvalue weighted by Gasteiger charge is -2.42. The van der Waals surface area contributed by atoms with Crippen LogP contribution < -0.4 is 42.6 Å². The molecule has 12 aromatic carbocycles. The zero-order chi connectivity index (χ0) is 55.1. The SMILES string of the molecule is CC(C)c1cc2c3c(cc4c(C(C)C)cc5c6c(cc1c3c46)B1c3ccccc3N(c3ccccc3)c3cc(C(=O)OCc4ccccc4)cc-5c31)B1c3ccccc3N(c3ccccc3)c3cc(C(=O)OCc4ccccc4)cc-2c31. The van der Waals surface area contributed by atoms with Gasteiger partial charge in [0.25, 0.3) is 0 Å². The van der Waals surface area contributed by atoms with Gasteiger partial charge in [-0.05, 0) is 183 Å². The lowest BCUT2D eigenvalue weighted by atomic mass is 9.31. The quantitative estimate of drug-likeness (QED) is 0.0773. The number of para-hydroxylation sites is 4. The largest absolute Gasteiger partial charge is 0.457 e. The molecule has 4 heterocycles. The third-order valence-corrected chi connectivity index (χ3v) is 18.0. The van der Waals surface area contributed by atoms with Crippen molar-refractivity contribution in [3.63, 3.8) is 0 Å². The number of ether oxygens (including phenoxy) is 2. The van der Waals surface area contributed by atoms with Gasteiger partial charge in [-0.3, -0.25) is 0 Å². The van der Waals surface area contributed by atoms with Crippen LogP contribution in [-0.4, -0.2) is 25.4 Å². The molecule has 0 aliphatic carbocycles. The summed E-state index contributed by atoms with van der Waals surface area (Å²) in [5.74, 6) is -0.454. The van der Waals surface area contributed by atoms with Gasteiger partial charge in [0.1, 0.15) is 13.2 Å². The molecule has 4 aliphatic heterocycles. The van der Waals surface area contributed by atoms with Crippen molar-refractivity contribution in [2.75, 3.05) is 9.80 Å². The van der Waals surface area contributed by atoms with E-state index < -0.39 is 0 Å². The van der Waals surface area contributed by atoms with E-state index in [2.05, 4.69) is 195 Å². The number of hydrogen-bond acceptors (Lipinski definition) is 6. The van der Waals surface area contributed by atoms with Gasteiger partial charge in [-0.15, -0.1) is 0 Å². The third-order valence-electron chi connectivity index (χ3n) is 18.0. The fourth-order valence-corrected chi connectivity index (χ4v) is 14.5. The molecule has 82 heavy (non-hydrogen) atoms. The summed E-state index contributed by atoms with van der Waals surface area (Å²) in [7, 11) is 0. The smallest absolute Gasteiger partial charge is 0.338 e. The Hall–Kier alpha value is -9.65. The van der Waals surface area contributed by atoms with Gasteiger partial charge in [-0.1, -0.05) is 184 Å². The topological polar surface area (TPSA) is 59.1 Å². The highest BCUT2D eigenvalue weighted by atomic mass is 16.5.